The highest BCUT2D eigenvalue weighted by molar-refractivity contribution is 5.79. The van der Waals surface area contributed by atoms with E-state index in [0.29, 0.717) is 17.8 Å². The average molecular weight is 210 g/mol. The molecule has 1 atom stereocenters. The average Bonchev–Trinajstić information content (AvgIpc) is 2.88. The molecule has 0 amide bonds. The Morgan fingerprint density at radius 2 is 2.47 bits per heavy atom. The number of hydrazine groups is 1. The van der Waals surface area contributed by atoms with E-state index in [4.69, 9.17) is 5.84 Å². The third-order valence-electron chi connectivity index (χ3n) is 2.10. The molecule has 8 nitrogen and oxygen atoms in total. The number of aliphatic imine (C=N–C) groups is 1. The quantitative estimate of drug-likeness (QED) is 0.216. The SMILES string of the molecule is CC(NC(=NC1CC1)NN)c1nn[nH]n1. The molecule has 82 valence electrons. The Hall–Kier alpha value is -1.70. The number of hydrogen-bond acceptors (Lipinski definition) is 5. The first-order valence-corrected chi connectivity index (χ1v) is 4.84. The van der Waals surface area contributed by atoms with Crippen molar-refractivity contribution in [2.24, 2.45) is 10.8 Å². The molecule has 1 aromatic heterocycles. The molecular formula is C7H14N8. The molecular weight excluding hydrogens is 196 g/mol. The van der Waals surface area contributed by atoms with Gasteiger partial charge in [-0.05, 0) is 19.8 Å². The van der Waals surface area contributed by atoms with Gasteiger partial charge in [0.05, 0.1) is 12.1 Å². The van der Waals surface area contributed by atoms with Crippen LogP contribution >= 0.6 is 0 Å². The molecule has 0 spiro atoms. The maximum Gasteiger partial charge on any atom is 0.206 e. The van der Waals surface area contributed by atoms with E-state index in [1.54, 1.807) is 0 Å². The second kappa shape index (κ2) is 4.22. The highest BCUT2D eigenvalue weighted by atomic mass is 15.5. The molecule has 0 aliphatic heterocycles. The van der Waals surface area contributed by atoms with Gasteiger partial charge in [0.1, 0.15) is 0 Å². The summed E-state index contributed by atoms with van der Waals surface area (Å²) in [6.45, 7) is 1.91. The van der Waals surface area contributed by atoms with Crippen molar-refractivity contribution in [3.8, 4) is 0 Å². The Morgan fingerprint density at radius 1 is 1.67 bits per heavy atom. The van der Waals surface area contributed by atoms with Gasteiger partial charge in [-0.25, -0.2) is 10.8 Å². The minimum atomic E-state index is -0.0858. The molecule has 1 aliphatic carbocycles. The number of rotatable bonds is 3. The topological polar surface area (TPSA) is 117 Å². The first-order chi connectivity index (χ1) is 7.29. The zero-order chi connectivity index (χ0) is 10.7. The molecule has 0 saturated heterocycles. The normalized spacial score (nSPS) is 18.7. The second-order valence-electron chi connectivity index (χ2n) is 3.49. The summed E-state index contributed by atoms with van der Waals surface area (Å²) in [4.78, 5) is 4.34. The van der Waals surface area contributed by atoms with Gasteiger partial charge in [-0.2, -0.15) is 5.21 Å². The second-order valence-corrected chi connectivity index (χ2v) is 3.49. The van der Waals surface area contributed by atoms with Crippen molar-refractivity contribution in [3.05, 3.63) is 5.82 Å². The van der Waals surface area contributed by atoms with Crippen LogP contribution in [-0.2, 0) is 0 Å². The zero-order valence-corrected chi connectivity index (χ0v) is 8.44. The first-order valence-electron chi connectivity index (χ1n) is 4.84. The van der Waals surface area contributed by atoms with E-state index in [9.17, 15) is 0 Å². The molecule has 0 bridgehead atoms. The van der Waals surface area contributed by atoms with Gasteiger partial charge in [0.15, 0.2) is 5.82 Å². The molecule has 1 fully saturated rings. The fourth-order valence-corrected chi connectivity index (χ4v) is 1.13. The molecule has 1 heterocycles. The van der Waals surface area contributed by atoms with Crippen molar-refractivity contribution in [1.29, 1.82) is 0 Å². The van der Waals surface area contributed by atoms with Crippen LogP contribution in [0.2, 0.25) is 0 Å². The lowest BCUT2D eigenvalue weighted by molar-refractivity contribution is 0.644. The van der Waals surface area contributed by atoms with Gasteiger partial charge in [0.25, 0.3) is 0 Å². The summed E-state index contributed by atoms with van der Waals surface area (Å²) < 4.78 is 0. The summed E-state index contributed by atoms with van der Waals surface area (Å²) in [6.07, 6.45) is 2.26. The van der Waals surface area contributed by atoms with E-state index in [-0.39, 0.29) is 6.04 Å². The number of guanidine groups is 1. The van der Waals surface area contributed by atoms with E-state index in [1.807, 2.05) is 6.92 Å². The first kappa shape index (κ1) is 9.84. The molecule has 1 saturated carbocycles. The summed E-state index contributed by atoms with van der Waals surface area (Å²) in [5, 5.41) is 16.7. The third kappa shape index (κ3) is 2.62. The van der Waals surface area contributed by atoms with Gasteiger partial charge < -0.3 is 5.32 Å². The summed E-state index contributed by atoms with van der Waals surface area (Å²) in [5.41, 5.74) is 2.52. The maximum absolute atomic E-state index is 5.34. The van der Waals surface area contributed by atoms with Gasteiger partial charge >= 0.3 is 0 Å². The van der Waals surface area contributed by atoms with Crippen LogP contribution < -0.4 is 16.6 Å². The zero-order valence-electron chi connectivity index (χ0n) is 8.44. The van der Waals surface area contributed by atoms with Crippen LogP contribution in [0.5, 0.6) is 0 Å². The Balaban J connectivity index is 1.94. The van der Waals surface area contributed by atoms with Crippen molar-refractivity contribution >= 4 is 5.96 Å². The molecule has 1 aliphatic rings. The lowest BCUT2D eigenvalue weighted by atomic mass is 10.3. The van der Waals surface area contributed by atoms with E-state index in [2.05, 4.69) is 36.4 Å². The summed E-state index contributed by atoms with van der Waals surface area (Å²) in [6, 6.07) is 0.318. The van der Waals surface area contributed by atoms with Gasteiger partial charge in [-0.15, -0.1) is 10.2 Å². The number of nitrogens with zero attached hydrogens (tertiary/aromatic N) is 4. The van der Waals surface area contributed by atoms with Gasteiger partial charge in [0.2, 0.25) is 5.96 Å². The molecule has 5 N–H and O–H groups in total. The van der Waals surface area contributed by atoms with Crippen molar-refractivity contribution in [3.63, 3.8) is 0 Å². The Bertz CT molecular complexity index is 327. The lowest BCUT2D eigenvalue weighted by Crippen LogP contribution is -2.43. The number of tetrazole rings is 1. The smallest absolute Gasteiger partial charge is 0.206 e. The third-order valence-corrected chi connectivity index (χ3v) is 2.10. The molecule has 8 heteroatoms. The van der Waals surface area contributed by atoms with E-state index in [0.717, 1.165) is 12.8 Å². The largest absolute Gasteiger partial charge is 0.345 e. The summed E-state index contributed by atoms with van der Waals surface area (Å²) >= 11 is 0. The molecule has 0 radical (unpaired) electrons. The van der Waals surface area contributed by atoms with Crippen LogP contribution in [0.4, 0.5) is 0 Å². The molecule has 2 rings (SSSR count). The van der Waals surface area contributed by atoms with E-state index < -0.39 is 0 Å². The van der Waals surface area contributed by atoms with Crippen molar-refractivity contribution in [1.82, 2.24) is 31.4 Å². The van der Waals surface area contributed by atoms with Crippen molar-refractivity contribution < 1.29 is 0 Å². The van der Waals surface area contributed by atoms with Crippen LogP contribution in [0.1, 0.15) is 31.6 Å². The number of aromatic amines is 1. The monoisotopic (exact) mass is 210 g/mol. The van der Waals surface area contributed by atoms with Crippen molar-refractivity contribution in [2.45, 2.75) is 31.8 Å². The summed E-state index contributed by atoms with van der Waals surface area (Å²) in [7, 11) is 0. The maximum atomic E-state index is 5.34. The Kier molecular flexibility index (Phi) is 2.77. The highest BCUT2D eigenvalue weighted by Crippen LogP contribution is 2.23. The molecule has 1 unspecified atom stereocenters. The number of H-pyrrole nitrogens is 1. The predicted octanol–water partition coefficient (Wildman–Crippen LogP) is -1.17. The van der Waals surface area contributed by atoms with Crippen LogP contribution in [0.15, 0.2) is 4.99 Å². The summed E-state index contributed by atoms with van der Waals surface area (Å²) in [5.74, 6) is 6.49. The Labute approximate surface area is 86.7 Å². The highest BCUT2D eigenvalue weighted by Gasteiger charge is 2.21. The van der Waals surface area contributed by atoms with Crippen LogP contribution in [0.25, 0.3) is 0 Å². The van der Waals surface area contributed by atoms with Crippen LogP contribution in [0, 0.1) is 0 Å². The minimum Gasteiger partial charge on any atom is -0.345 e. The number of aromatic nitrogens is 4. The number of nitrogens with two attached hydrogens (primary N) is 1. The van der Waals surface area contributed by atoms with Gasteiger partial charge in [0, 0.05) is 0 Å². The van der Waals surface area contributed by atoms with Crippen LogP contribution in [0.3, 0.4) is 0 Å². The Morgan fingerprint density at radius 3 is 3.00 bits per heavy atom. The molecule has 0 aromatic carbocycles. The van der Waals surface area contributed by atoms with Crippen molar-refractivity contribution in [2.75, 3.05) is 0 Å². The predicted molar refractivity (Wildman–Crippen MR) is 53.5 cm³/mol. The van der Waals surface area contributed by atoms with E-state index in [1.165, 1.54) is 0 Å². The van der Waals surface area contributed by atoms with Gasteiger partial charge in [-0.3, -0.25) is 5.43 Å². The fraction of sp³-hybridized carbons (Fsp3) is 0.714. The number of hydrogen-bond donors (Lipinski definition) is 4. The molecule has 15 heavy (non-hydrogen) atoms. The van der Waals surface area contributed by atoms with Gasteiger partial charge in [-0.1, -0.05) is 5.21 Å². The van der Waals surface area contributed by atoms with E-state index >= 15 is 0 Å². The standard InChI is InChI=1S/C7H14N8/c1-4(6-12-14-15-13-6)9-7(11-8)10-5-2-3-5/h4-5H,2-3,8H2,1H3,(H2,9,10,11)(H,12,13,14,15). The lowest BCUT2D eigenvalue weighted by Gasteiger charge is -2.12. The minimum absolute atomic E-state index is 0.0858. The number of nitrogens with one attached hydrogen (secondary N) is 3. The molecule has 1 aromatic rings. The fourth-order valence-electron chi connectivity index (χ4n) is 1.13. The van der Waals surface area contributed by atoms with Crippen LogP contribution in [-0.4, -0.2) is 32.6 Å².